The molecule has 0 saturated carbocycles. The fourth-order valence-corrected chi connectivity index (χ4v) is 0.999. The van der Waals surface area contributed by atoms with Crippen LogP contribution in [0.4, 0.5) is 0 Å². The number of hydrogen-bond donors (Lipinski definition) is 1. The monoisotopic (exact) mass is 231 g/mol. The maximum atomic E-state index is 5.63. The topological polar surface area (TPSA) is 21.3 Å². The molecule has 76 valence electrons. The molecule has 0 spiro atoms. The molecule has 4 heteroatoms. The third-order valence-electron chi connectivity index (χ3n) is 1.54. The van der Waals surface area contributed by atoms with Gasteiger partial charge in [0.15, 0.2) is 0 Å². The summed E-state index contributed by atoms with van der Waals surface area (Å²) < 4.78 is 0. The Balaban J connectivity index is 2.17. The third-order valence-corrected chi connectivity index (χ3v) is 2.16. The van der Waals surface area contributed by atoms with Crippen molar-refractivity contribution >= 4 is 23.2 Å². The zero-order valence-electron chi connectivity index (χ0n) is 7.54. The van der Waals surface area contributed by atoms with Gasteiger partial charge in [-0.2, -0.15) is 5.48 Å². The lowest BCUT2D eigenvalue weighted by Gasteiger charge is -2.04. The van der Waals surface area contributed by atoms with Crippen molar-refractivity contribution in [1.29, 1.82) is 0 Å². The molecule has 0 saturated heterocycles. The Morgan fingerprint density at radius 3 is 2.71 bits per heavy atom. The van der Waals surface area contributed by atoms with Crippen molar-refractivity contribution in [2.45, 2.75) is 6.61 Å². The Hall–Kier alpha value is -0.540. The number of rotatable bonds is 5. The molecule has 1 rings (SSSR count). The van der Waals surface area contributed by atoms with Crippen LogP contribution < -0.4 is 5.48 Å². The molecule has 0 fully saturated rings. The summed E-state index contributed by atoms with van der Waals surface area (Å²) in [4.78, 5) is 5.16. The van der Waals surface area contributed by atoms with Gasteiger partial charge in [0.2, 0.25) is 0 Å². The van der Waals surface area contributed by atoms with E-state index in [4.69, 9.17) is 28.0 Å². The van der Waals surface area contributed by atoms with E-state index in [2.05, 4.69) is 5.48 Å². The summed E-state index contributed by atoms with van der Waals surface area (Å²) in [5.74, 6) is 0. The average Bonchev–Trinajstić information content (AvgIpc) is 2.25. The quantitative estimate of drug-likeness (QED) is 0.622. The molecule has 0 atom stereocenters. The normalized spacial score (nSPS) is 11.7. The third kappa shape index (κ3) is 4.63. The molecule has 0 amide bonds. The highest BCUT2D eigenvalue weighted by Gasteiger charge is 1.93. The van der Waals surface area contributed by atoms with Gasteiger partial charge in [-0.3, -0.25) is 4.84 Å². The number of hydroxylamine groups is 1. The van der Waals surface area contributed by atoms with E-state index in [-0.39, 0.29) is 0 Å². The number of halogens is 2. The Kier molecular flexibility index (Phi) is 5.64. The van der Waals surface area contributed by atoms with E-state index in [1.165, 1.54) is 5.54 Å². The first-order valence-corrected chi connectivity index (χ1v) is 4.97. The van der Waals surface area contributed by atoms with E-state index in [1.54, 1.807) is 0 Å². The van der Waals surface area contributed by atoms with Gasteiger partial charge in [-0.1, -0.05) is 53.5 Å². The second-order valence-electron chi connectivity index (χ2n) is 2.65. The Bertz CT molecular complexity index is 287. The summed E-state index contributed by atoms with van der Waals surface area (Å²) in [6.07, 6.45) is 0. The van der Waals surface area contributed by atoms with Crippen LogP contribution in [0.2, 0.25) is 0 Å². The van der Waals surface area contributed by atoms with Crippen LogP contribution in [0.5, 0.6) is 0 Å². The smallest absolute Gasteiger partial charge is 0.0933 e. The van der Waals surface area contributed by atoms with Gasteiger partial charge in [-0.15, -0.1) is 0 Å². The second kappa shape index (κ2) is 6.85. The van der Waals surface area contributed by atoms with Crippen LogP contribution in [0.15, 0.2) is 40.9 Å². The zero-order valence-corrected chi connectivity index (χ0v) is 9.05. The molecule has 0 aromatic heterocycles. The molecular weight excluding hydrogens is 221 g/mol. The van der Waals surface area contributed by atoms with E-state index in [0.717, 1.165) is 5.56 Å². The minimum absolute atomic E-state index is 0.415. The molecule has 1 aromatic rings. The highest BCUT2D eigenvalue weighted by atomic mass is 35.5. The van der Waals surface area contributed by atoms with Gasteiger partial charge in [-0.05, 0) is 5.56 Å². The molecule has 0 bridgehead atoms. The first kappa shape index (κ1) is 11.5. The van der Waals surface area contributed by atoms with E-state index in [9.17, 15) is 0 Å². The minimum atomic E-state index is 0.415. The predicted octanol–water partition coefficient (Wildman–Crippen LogP) is 3.03. The van der Waals surface area contributed by atoms with Crippen molar-refractivity contribution < 1.29 is 4.84 Å². The summed E-state index contributed by atoms with van der Waals surface area (Å²) in [5, 5.41) is 0.514. The van der Waals surface area contributed by atoms with Gasteiger partial charge in [-0.25, -0.2) is 0 Å². The summed E-state index contributed by atoms with van der Waals surface area (Å²) in [5.41, 5.74) is 5.11. The van der Waals surface area contributed by atoms with Crippen molar-refractivity contribution in [2.75, 3.05) is 6.54 Å². The molecule has 0 aliphatic heterocycles. The van der Waals surface area contributed by atoms with Crippen molar-refractivity contribution in [3.63, 3.8) is 0 Å². The van der Waals surface area contributed by atoms with Crippen LogP contribution in [0.3, 0.4) is 0 Å². The van der Waals surface area contributed by atoms with E-state index >= 15 is 0 Å². The number of hydrogen-bond acceptors (Lipinski definition) is 2. The Morgan fingerprint density at radius 1 is 1.36 bits per heavy atom. The highest BCUT2D eigenvalue weighted by molar-refractivity contribution is 6.36. The average molecular weight is 232 g/mol. The minimum Gasteiger partial charge on any atom is -0.297 e. The first-order valence-electron chi connectivity index (χ1n) is 4.16. The van der Waals surface area contributed by atoms with Gasteiger partial charge in [0, 0.05) is 10.6 Å². The van der Waals surface area contributed by atoms with E-state index < -0.39 is 0 Å². The zero-order chi connectivity index (χ0) is 10.2. The molecule has 1 aromatic carbocycles. The molecule has 0 heterocycles. The molecular formula is C10H11Cl2NO. The SMILES string of the molecule is Cl/C=C(/Cl)CNOCc1ccccc1. The molecule has 14 heavy (non-hydrogen) atoms. The van der Waals surface area contributed by atoms with E-state index in [0.29, 0.717) is 18.2 Å². The van der Waals surface area contributed by atoms with Crippen LogP contribution in [0, 0.1) is 0 Å². The molecule has 0 unspecified atom stereocenters. The van der Waals surface area contributed by atoms with Crippen LogP contribution in [0.25, 0.3) is 0 Å². The first-order chi connectivity index (χ1) is 6.83. The van der Waals surface area contributed by atoms with E-state index in [1.807, 2.05) is 30.3 Å². The van der Waals surface area contributed by atoms with Crippen molar-refractivity contribution in [1.82, 2.24) is 5.48 Å². The van der Waals surface area contributed by atoms with Crippen molar-refractivity contribution in [2.24, 2.45) is 0 Å². The van der Waals surface area contributed by atoms with Crippen LogP contribution in [-0.2, 0) is 11.4 Å². The van der Waals surface area contributed by atoms with Crippen LogP contribution in [-0.4, -0.2) is 6.54 Å². The number of benzene rings is 1. The maximum absolute atomic E-state index is 5.63. The fraction of sp³-hybridized carbons (Fsp3) is 0.200. The van der Waals surface area contributed by atoms with Crippen molar-refractivity contribution in [3.8, 4) is 0 Å². The Morgan fingerprint density at radius 2 is 2.07 bits per heavy atom. The molecule has 0 radical (unpaired) electrons. The molecule has 2 nitrogen and oxygen atoms in total. The predicted molar refractivity (Wildman–Crippen MR) is 59.0 cm³/mol. The number of nitrogens with one attached hydrogen (secondary N) is 1. The second-order valence-corrected chi connectivity index (χ2v) is 3.36. The van der Waals surface area contributed by atoms with Gasteiger partial charge < -0.3 is 0 Å². The summed E-state index contributed by atoms with van der Waals surface area (Å²) >= 11 is 11.0. The molecule has 1 N–H and O–H groups in total. The summed E-state index contributed by atoms with van der Waals surface area (Å²) in [6.45, 7) is 0.922. The maximum Gasteiger partial charge on any atom is 0.0933 e. The lowest BCUT2D eigenvalue weighted by atomic mass is 10.2. The fourth-order valence-electron chi connectivity index (χ4n) is 0.867. The molecule has 0 aliphatic rings. The summed E-state index contributed by atoms with van der Waals surface area (Å²) in [7, 11) is 0. The Labute approximate surface area is 93.4 Å². The highest BCUT2D eigenvalue weighted by Crippen LogP contribution is 2.02. The van der Waals surface area contributed by atoms with Crippen molar-refractivity contribution in [3.05, 3.63) is 46.5 Å². The van der Waals surface area contributed by atoms with Gasteiger partial charge >= 0.3 is 0 Å². The van der Waals surface area contributed by atoms with Gasteiger partial charge in [0.05, 0.1) is 13.2 Å². The standard InChI is InChI=1S/C10H11Cl2NO/c11-6-10(12)7-13-14-8-9-4-2-1-3-5-9/h1-6,13H,7-8H2/b10-6+. The van der Waals surface area contributed by atoms with Crippen LogP contribution in [0.1, 0.15) is 5.56 Å². The van der Waals surface area contributed by atoms with Gasteiger partial charge in [0.25, 0.3) is 0 Å². The van der Waals surface area contributed by atoms with Crippen LogP contribution >= 0.6 is 23.2 Å². The largest absolute Gasteiger partial charge is 0.297 e. The molecule has 0 aliphatic carbocycles. The summed E-state index contributed by atoms with van der Waals surface area (Å²) in [6, 6.07) is 9.86. The van der Waals surface area contributed by atoms with Gasteiger partial charge in [0.1, 0.15) is 0 Å². The lowest BCUT2D eigenvalue weighted by molar-refractivity contribution is 0.0346. The lowest BCUT2D eigenvalue weighted by Crippen LogP contribution is -2.15.